The van der Waals surface area contributed by atoms with Crippen molar-refractivity contribution in [2.24, 2.45) is 5.10 Å². The second-order valence-corrected chi connectivity index (χ2v) is 10.2. The van der Waals surface area contributed by atoms with E-state index >= 15 is 0 Å². The molecule has 2 amide bonds. The van der Waals surface area contributed by atoms with Crippen LogP contribution in [0.5, 0.6) is 0 Å². The molecule has 0 fully saturated rings. The first-order valence-corrected chi connectivity index (χ1v) is 12.5. The van der Waals surface area contributed by atoms with Crippen molar-refractivity contribution >= 4 is 62.2 Å². The summed E-state index contributed by atoms with van der Waals surface area (Å²) in [7, 11) is 3.93. The largest absolute Gasteiger partial charge is 0.378 e. The molecule has 0 saturated carbocycles. The number of carbonyl (C=O) groups is 3. The van der Waals surface area contributed by atoms with Gasteiger partial charge in [0.25, 0.3) is 17.6 Å². The van der Waals surface area contributed by atoms with Gasteiger partial charge in [-0.3, -0.25) is 19.3 Å². The zero-order chi connectivity index (χ0) is 25.6. The summed E-state index contributed by atoms with van der Waals surface area (Å²) in [4.78, 5) is 42.0. The fraction of sp³-hybridized carbons (Fsp3) is 0.185. The van der Waals surface area contributed by atoms with Gasteiger partial charge >= 0.3 is 0 Å². The molecule has 0 radical (unpaired) electrons. The molecule has 2 aliphatic heterocycles. The van der Waals surface area contributed by atoms with Gasteiger partial charge < -0.3 is 4.90 Å². The monoisotopic (exact) mass is 564 g/mol. The smallest absolute Gasteiger partial charge is 0.299 e. The maximum atomic E-state index is 13.6. The van der Waals surface area contributed by atoms with Crippen LogP contribution in [-0.2, 0) is 9.59 Å². The molecule has 2 heterocycles. The normalized spacial score (nSPS) is 16.9. The second kappa shape index (κ2) is 9.52. The highest BCUT2D eigenvalue weighted by Crippen LogP contribution is 2.36. The van der Waals surface area contributed by atoms with Crippen LogP contribution in [0, 0.1) is 0 Å². The molecule has 9 heteroatoms. The average Bonchev–Trinajstić information content (AvgIpc) is 3.41. The van der Waals surface area contributed by atoms with Crippen molar-refractivity contribution in [1.29, 1.82) is 0 Å². The summed E-state index contributed by atoms with van der Waals surface area (Å²) in [6, 6.07) is 20.0. The Labute approximate surface area is 222 Å². The van der Waals surface area contributed by atoms with Gasteiger partial charge in [0.1, 0.15) is 6.54 Å². The van der Waals surface area contributed by atoms with Crippen LogP contribution in [0.1, 0.15) is 33.9 Å². The van der Waals surface area contributed by atoms with E-state index < -0.39 is 11.7 Å². The quantitative estimate of drug-likeness (QED) is 0.405. The first kappa shape index (κ1) is 24.2. The molecule has 1 unspecified atom stereocenters. The first-order chi connectivity index (χ1) is 17.2. The minimum atomic E-state index is -0.746. The molecule has 0 aliphatic carbocycles. The molecule has 3 aromatic carbocycles. The Morgan fingerprint density at radius 3 is 2.42 bits per heavy atom. The molecule has 0 N–H and O–H groups in total. The summed E-state index contributed by atoms with van der Waals surface area (Å²) in [6.45, 7) is -0.303. The summed E-state index contributed by atoms with van der Waals surface area (Å²) in [5.74, 6) is -1.80. The van der Waals surface area contributed by atoms with Crippen LogP contribution in [-0.4, -0.2) is 49.0 Å². The molecular weight excluding hydrogens is 544 g/mol. The second-order valence-electron chi connectivity index (χ2n) is 8.88. The van der Waals surface area contributed by atoms with Gasteiger partial charge in [0.05, 0.1) is 23.0 Å². The van der Waals surface area contributed by atoms with Gasteiger partial charge in [-0.05, 0) is 53.6 Å². The van der Waals surface area contributed by atoms with Crippen molar-refractivity contribution in [1.82, 2.24) is 5.01 Å². The number of hydrogen-bond acceptors (Lipinski definition) is 5. The molecule has 0 saturated heterocycles. The minimum absolute atomic E-state index is 0.205. The van der Waals surface area contributed by atoms with Gasteiger partial charge in [0, 0.05) is 35.7 Å². The van der Waals surface area contributed by atoms with Gasteiger partial charge in [0.15, 0.2) is 0 Å². The summed E-state index contributed by atoms with van der Waals surface area (Å²) in [5.41, 5.74) is 4.24. The van der Waals surface area contributed by atoms with Crippen LogP contribution in [0.2, 0.25) is 5.02 Å². The van der Waals surface area contributed by atoms with E-state index in [2.05, 4.69) is 15.9 Å². The van der Waals surface area contributed by atoms with E-state index in [0.29, 0.717) is 17.1 Å². The van der Waals surface area contributed by atoms with Crippen LogP contribution in [0.15, 0.2) is 76.3 Å². The summed E-state index contributed by atoms with van der Waals surface area (Å²) >= 11 is 9.47. The molecule has 0 spiro atoms. The molecule has 3 aromatic rings. The fourth-order valence-corrected chi connectivity index (χ4v) is 4.89. The van der Waals surface area contributed by atoms with Crippen molar-refractivity contribution in [2.75, 3.05) is 30.4 Å². The van der Waals surface area contributed by atoms with Gasteiger partial charge in [0.2, 0.25) is 0 Å². The molecule has 2 aliphatic rings. The van der Waals surface area contributed by atoms with E-state index in [4.69, 9.17) is 16.7 Å². The number of ketones is 1. The number of benzene rings is 3. The number of amides is 2. The van der Waals surface area contributed by atoms with Gasteiger partial charge in [-0.1, -0.05) is 51.8 Å². The predicted octanol–water partition coefficient (Wildman–Crippen LogP) is 5.08. The Balaban J connectivity index is 1.47. The summed E-state index contributed by atoms with van der Waals surface area (Å²) < 4.78 is 0.949. The van der Waals surface area contributed by atoms with E-state index in [1.807, 2.05) is 67.5 Å². The number of halogens is 2. The van der Waals surface area contributed by atoms with Gasteiger partial charge in [-0.2, -0.15) is 5.10 Å². The van der Waals surface area contributed by atoms with E-state index in [0.717, 1.165) is 27.0 Å². The van der Waals surface area contributed by atoms with Crippen LogP contribution < -0.4 is 9.80 Å². The van der Waals surface area contributed by atoms with Crippen LogP contribution in [0.25, 0.3) is 0 Å². The lowest BCUT2D eigenvalue weighted by atomic mass is 9.98. The van der Waals surface area contributed by atoms with E-state index in [1.165, 1.54) is 16.0 Å². The maximum absolute atomic E-state index is 13.6. The third-order valence-corrected chi connectivity index (χ3v) is 7.13. The Kier molecular flexibility index (Phi) is 6.40. The number of hydrazone groups is 1. The number of fused-ring (bicyclic) bond motifs is 1. The number of carbonyl (C=O) groups excluding carboxylic acids is 3. The number of hydrogen-bond donors (Lipinski definition) is 0. The molecule has 182 valence electrons. The van der Waals surface area contributed by atoms with Crippen molar-refractivity contribution in [3.05, 3.63) is 92.9 Å². The Bertz CT molecular complexity index is 1400. The number of Topliss-reactive ketones (excluding diaryl/α,β-unsaturated/α-hetero) is 1. The number of nitrogens with zero attached hydrogens (tertiary/aromatic N) is 4. The first-order valence-electron chi connectivity index (χ1n) is 11.3. The molecule has 7 nitrogen and oxygen atoms in total. The van der Waals surface area contributed by atoms with Crippen molar-refractivity contribution < 1.29 is 14.4 Å². The Morgan fingerprint density at radius 1 is 1.06 bits per heavy atom. The Hall–Kier alpha value is -3.49. The highest BCUT2D eigenvalue weighted by atomic mass is 79.9. The predicted molar refractivity (Wildman–Crippen MR) is 144 cm³/mol. The van der Waals surface area contributed by atoms with E-state index in [-0.39, 0.29) is 24.1 Å². The molecule has 0 bridgehead atoms. The third-order valence-electron chi connectivity index (χ3n) is 6.36. The lowest BCUT2D eigenvalue weighted by Crippen LogP contribution is -2.40. The third kappa shape index (κ3) is 4.42. The summed E-state index contributed by atoms with van der Waals surface area (Å²) in [6.07, 6.45) is 0.522. The number of rotatable bonds is 5. The highest BCUT2D eigenvalue weighted by Gasteiger charge is 2.40. The zero-order valence-electron chi connectivity index (χ0n) is 19.6. The molecule has 5 rings (SSSR count). The zero-order valence-corrected chi connectivity index (χ0v) is 22.0. The summed E-state index contributed by atoms with van der Waals surface area (Å²) in [5, 5.41) is 6.48. The van der Waals surface area contributed by atoms with Crippen LogP contribution in [0.3, 0.4) is 0 Å². The lowest BCUT2D eigenvalue weighted by Gasteiger charge is -2.25. The molecular formula is C27H22BrClN4O3. The van der Waals surface area contributed by atoms with E-state index in [9.17, 15) is 14.4 Å². The topological polar surface area (TPSA) is 73.3 Å². The van der Waals surface area contributed by atoms with Crippen molar-refractivity contribution in [2.45, 2.75) is 12.5 Å². The highest BCUT2D eigenvalue weighted by molar-refractivity contribution is 9.10. The fourth-order valence-electron chi connectivity index (χ4n) is 4.45. The van der Waals surface area contributed by atoms with Crippen molar-refractivity contribution in [3.63, 3.8) is 0 Å². The Morgan fingerprint density at radius 2 is 1.75 bits per heavy atom. The SMILES string of the molecule is CN(C)c1ccc(C2CC(c3ccc(Br)cc3)=NN2C(=O)CN2C(=O)C(=O)c3cc(Cl)ccc32)cc1. The molecule has 0 aromatic heterocycles. The molecule has 36 heavy (non-hydrogen) atoms. The number of anilines is 2. The standard InChI is InChI=1S/C27H22BrClN4O3/c1-31(2)20-10-5-17(6-11-20)24-14-22(16-3-7-18(28)8-4-16)30-33(24)25(34)15-32-23-12-9-19(29)13-21(23)26(35)27(32)36/h3-13,24H,14-15H2,1-2H3. The van der Waals surface area contributed by atoms with Crippen molar-refractivity contribution in [3.8, 4) is 0 Å². The van der Waals surface area contributed by atoms with Crippen LogP contribution in [0.4, 0.5) is 11.4 Å². The maximum Gasteiger partial charge on any atom is 0.299 e. The van der Waals surface area contributed by atoms with E-state index in [1.54, 1.807) is 12.1 Å². The van der Waals surface area contributed by atoms with Gasteiger partial charge in [-0.25, -0.2) is 5.01 Å². The lowest BCUT2D eigenvalue weighted by molar-refractivity contribution is -0.132. The van der Waals surface area contributed by atoms with Gasteiger partial charge in [-0.15, -0.1) is 0 Å². The average molecular weight is 566 g/mol. The molecule has 1 atom stereocenters. The van der Waals surface area contributed by atoms with Crippen LogP contribution >= 0.6 is 27.5 Å². The minimum Gasteiger partial charge on any atom is -0.378 e.